The average molecular weight is 389 g/mol. The molecular formula is C17H25BF3N2O2S-. The number of hydrogen-bond acceptors (Lipinski definition) is 4. The molecular weight excluding hydrogens is 364 g/mol. The normalized spacial score (nSPS) is 16.7. The number of hydrogen-bond donors (Lipinski definition) is 1. The maximum atomic E-state index is 13.1. The Hall–Kier alpha value is -1.35. The highest BCUT2D eigenvalue weighted by Crippen LogP contribution is 2.22. The van der Waals surface area contributed by atoms with Gasteiger partial charge in [-0.1, -0.05) is 12.1 Å². The molecule has 1 aliphatic heterocycles. The number of amides is 1. The highest BCUT2D eigenvalue weighted by Gasteiger charge is 2.28. The first-order chi connectivity index (χ1) is 11.9. The Morgan fingerprint density at radius 1 is 1.19 bits per heavy atom. The summed E-state index contributed by atoms with van der Waals surface area (Å²) >= 11 is 4.19. The van der Waals surface area contributed by atoms with Crippen molar-refractivity contribution in [3.05, 3.63) is 23.3 Å². The fourth-order valence-electron chi connectivity index (χ4n) is 2.79. The van der Waals surface area contributed by atoms with Crippen LogP contribution in [0.5, 0.6) is 0 Å². The summed E-state index contributed by atoms with van der Waals surface area (Å²) in [5, 5.41) is 0. The minimum Gasteiger partial charge on any atom is -0.445 e. The van der Waals surface area contributed by atoms with Gasteiger partial charge in [0, 0.05) is 37.6 Å². The van der Waals surface area contributed by atoms with Crippen LogP contribution in [0.2, 0.25) is 0 Å². The zero-order chi connectivity index (χ0) is 19.7. The van der Waals surface area contributed by atoms with Crippen LogP contribution in [-0.2, 0) is 11.3 Å². The molecule has 0 atom stereocenters. The third-order valence-corrected chi connectivity index (χ3v) is 4.77. The van der Waals surface area contributed by atoms with E-state index in [2.05, 4.69) is 12.6 Å². The molecule has 0 saturated carbocycles. The molecule has 1 aromatic carbocycles. The van der Waals surface area contributed by atoms with Gasteiger partial charge in [0.25, 0.3) is 0 Å². The summed E-state index contributed by atoms with van der Waals surface area (Å²) in [5.74, 6) is 0. The molecule has 9 heteroatoms. The molecule has 1 aliphatic rings. The number of rotatable bonds is 3. The van der Waals surface area contributed by atoms with Crippen LogP contribution in [0, 0.1) is 6.92 Å². The van der Waals surface area contributed by atoms with Crippen LogP contribution >= 0.6 is 12.6 Å². The SMILES string of the molecule is Cc1c(S)cc([B-](F)(F)F)cc1CN1CCN(C(=O)OC(C)(C)C)CC1. The molecule has 0 aliphatic carbocycles. The average Bonchev–Trinajstić information content (AvgIpc) is 2.49. The van der Waals surface area contributed by atoms with Gasteiger partial charge in [0.05, 0.1) is 0 Å². The van der Waals surface area contributed by atoms with Crippen molar-refractivity contribution in [3.63, 3.8) is 0 Å². The van der Waals surface area contributed by atoms with Gasteiger partial charge >= 0.3 is 13.1 Å². The van der Waals surface area contributed by atoms with Gasteiger partial charge < -0.3 is 22.6 Å². The molecule has 0 unspecified atom stereocenters. The molecule has 2 rings (SSSR count). The van der Waals surface area contributed by atoms with Gasteiger partial charge in [-0.15, -0.1) is 18.1 Å². The lowest BCUT2D eigenvalue weighted by atomic mass is 9.78. The Kier molecular flexibility index (Phi) is 6.22. The summed E-state index contributed by atoms with van der Waals surface area (Å²) in [6.45, 7) is 4.72. The summed E-state index contributed by atoms with van der Waals surface area (Å²) < 4.78 is 44.6. The topological polar surface area (TPSA) is 32.8 Å². The van der Waals surface area contributed by atoms with E-state index < -0.39 is 18.0 Å². The zero-order valence-electron chi connectivity index (χ0n) is 15.6. The molecule has 26 heavy (non-hydrogen) atoms. The lowest BCUT2D eigenvalue weighted by Gasteiger charge is -2.36. The van der Waals surface area contributed by atoms with E-state index in [4.69, 9.17) is 4.74 Å². The summed E-state index contributed by atoms with van der Waals surface area (Å²) in [6, 6.07) is 2.30. The van der Waals surface area contributed by atoms with Crippen molar-refractivity contribution in [1.82, 2.24) is 9.80 Å². The fraction of sp³-hybridized carbons (Fsp3) is 0.588. The Balaban J connectivity index is 2.02. The molecule has 1 aromatic rings. The van der Waals surface area contributed by atoms with Gasteiger partial charge in [0.2, 0.25) is 0 Å². The van der Waals surface area contributed by atoms with E-state index in [1.165, 1.54) is 6.07 Å². The summed E-state index contributed by atoms with van der Waals surface area (Å²) in [4.78, 5) is 16.1. The molecule has 1 saturated heterocycles. The molecule has 4 nitrogen and oxygen atoms in total. The summed E-state index contributed by atoms with van der Waals surface area (Å²) in [5.41, 5.74) is 0.209. The van der Waals surface area contributed by atoms with Gasteiger partial charge in [-0.25, -0.2) is 4.79 Å². The van der Waals surface area contributed by atoms with Crippen molar-refractivity contribution in [3.8, 4) is 0 Å². The van der Waals surface area contributed by atoms with Crippen LogP contribution in [0.25, 0.3) is 0 Å². The number of piperazine rings is 1. The molecule has 1 heterocycles. The molecule has 0 N–H and O–H groups in total. The van der Waals surface area contributed by atoms with E-state index in [0.717, 1.165) is 11.6 Å². The lowest BCUT2D eigenvalue weighted by molar-refractivity contribution is 0.0139. The zero-order valence-corrected chi connectivity index (χ0v) is 16.5. The van der Waals surface area contributed by atoms with E-state index in [1.54, 1.807) is 11.8 Å². The van der Waals surface area contributed by atoms with Crippen molar-refractivity contribution in [2.45, 2.75) is 44.7 Å². The minimum absolute atomic E-state index is 0.351. The number of carbonyl (C=O) groups excluding carboxylic acids is 1. The smallest absolute Gasteiger partial charge is 0.445 e. The third kappa shape index (κ3) is 5.57. The first kappa shape index (κ1) is 21.0. The lowest BCUT2D eigenvalue weighted by Crippen LogP contribution is -2.49. The Labute approximate surface area is 158 Å². The number of carbonyl (C=O) groups is 1. The van der Waals surface area contributed by atoms with Crippen molar-refractivity contribution in [1.29, 1.82) is 0 Å². The van der Waals surface area contributed by atoms with E-state index in [9.17, 15) is 17.7 Å². The third-order valence-electron chi connectivity index (χ3n) is 4.31. The highest BCUT2D eigenvalue weighted by atomic mass is 32.1. The van der Waals surface area contributed by atoms with Gasteiger partial charge in [0.1, 0.15) is 5.60 Å². The minimum atomic E-state index is -5.06. The molecule has 0 aromatic heterocycles. The maximum absolute atomic E-state index is 13.1. The van der Waals surface area contributed by atoms with E-state index in [0.29, 0.717) is 43.2 Å². The van der Waals surface area contributed by atoms with Crippen LogP contribution in [0.4, 0.5) is 17.7 Å². The Bertz CT molecular complexity index is 669. The van der Waals surface area contributed by atoms with E-state index in [-0.39, 0.29) is 6.09 Å². The summed E-state index contributed by atoms with van der Waals surface area (Å²) in [7, 11) is 0. The van der Waals surface area contributed by atoms with Crippen molar-refractivity contribution in [2.24, 2.45) is 0 Å². The van der Waals surface area contributed by atoms with Crippen molar-refractivity contribution in [2.75, 3.05) is 26.2 Å². The second-order valence-corrected chi connectivity index (χ2v) is 8.12. The van der Waals surface area contributed by atoms with Crippen LogP contribution in [0.1, 0.15) is 31.9 Å². The van der Waals surface area contributed by atoms with Crippen LogP contribution in [0.3, 0.4) is 0 Å². The molecule has 0 radical (unpaired) electrons. The van der Waals surface area contributed by atoms with Crippen LogP contribution in [-0.4, -0.2) is 54.7 Å². The van der Waals surface area contributed by atoms with Gasteiger partial charge in [-0.05, 0) is 38.8 Å². The van der Waals surface area contributed by atoms with Crippen LogP contribution in [0.15, 0.2) is 17.0 Å². The molecule has 0 bridgehead atoms. The number of nitrogens with zero attached hydrogens (tertiary/aromatic N) is 2. The fourth-order valence-corrected chi connectivity index (χ4v) is 3.08. The molecule has 146 valence electrons. The predicted octanol–water partition coefficient (Wildman–Crippen LogP) is 3.39. The predicted molar refractivity (Wildman–Crippen MR) is 100 cm³/mol. The van der Waals surface area contributed by atoms with Crippen molar-refractivity contribution < 1.29 is 22.5 Å². The van der Waals surface area contributed by atoms with Gasteiger partial charge in [-0.3, -0.25) is 4.90 Å². The number of thiol groups is 1. The van der Waals surface area contributed by atoms with E-state index in [1.807, 2.05) is 25.7 Å². The molecule has 1 amide bonds. The summed E-state index contributed by atoms with van der Waals surface area (Å²) in [6.07, 6.45) is -0.354. The Morgan fingerprint density at radius 3 is 2.27 bits per heavy atom. The maximum Gasteiger partial charge on any atom is 0.509 e. The standard InChI is InChI=1S/C17H25BF3N2O2S/c1-12-13(9-14(10-15(12)26)18(19,20)21)11-22-5-7-23(8-6-22)16(24)25-17(2,3)4/h9-10,26H,5-8,11H2,1-4H3/q-1. The van der Waals surface area contributed by atoms with Gasteiger partial charge in [-0.2, -0.15) is 0 Å². The number of halogens is 3. The number of benzene rings is 1. The van der Waals surface area contributed by atoms with E-state index >= 15 is 0 Å². The van der Waals surface area contributed by atoms with Crippen LogP contribution < -0.4 is 5.46 Å². The monoisotopic (exact) mass is 389 g/mol. The second kappa shape index (κ2) is 7.72. The largest absolute Gasteiger partial charge is 0.509 e. The number of ether oxygens (including phenoxy) is 1. The molecule has 0 spiro atoms. The quantitative estimate of drug-likeness (QED) is 0.636. The highest BCUT2D eigenvalue weighted by molar-refractivity contribution is 7.80. The van der Waals surface area contributed by atoms with Crippen molar-refractivity contribution >= 4 is 31.2 Å². The second-order valence-electron chi connectivity index (χ2n) is 7.64. The first-order valence-electron chi connectivity index (χ1n) is 8.59. The first-order valence-corrected chi connectivity index (χ1v) is 9.04. The molecule has 1 fully saturated rings. The van der Waals surface area contributed by atoms with Gasteiger partial charge in [0.15, 0.2) is 0 Å². The Morgan fingerprint density at radius 2 is 1.77 bits per heavy atom.